The molecule has 0 fully saturated rings. The molecule has 0 radical (unpaired) electrons. The lowest BCUT2D eigenvalue weighted by atomic mass is 10.2. The van der Waals surface area contributed by atoms with E-state index in [0.29, 0.717) is 22.8 Å². The molecule has 156 valence electrons. The lowest BCUT2D eigenvalue weighted by Crippen LogP contribution is -2.28. The highest BCUT2D eigenvalue weighted by Gasteiger charge is 2.31. The number of nitrogens with one attached hydrogen (secondary N) is 3. The minimum atomic E-state index is -4.42. The zero-order valence-electron chi connectivity index (χ0n) is 15.5. The molecule has 2 amide bonds. The van der Waals surface area contributed by atoms with Crippen molar-refractivity contribution in [2.24, 2.45) is 0 Å². The molecule has 0 spiro atoms. The van der Waals surface area contributed by atoms with Crippen molar-refractivity contribution in [1.82, 2.24) is 10.3 Å². The Balaban J connectivity index is 1.52. The van der Waals surface area contributed by atoms with E-state index in [9.17, 15) is 22.5 Å². The Morgan fingerprint density at radius 3 is 2.27 bits per heavy atom. The summed E-state index contributed by atoms with van der Waals surface area (Å²) in [6, 6.07) is 14.1. The highest BCUT2D eigenvalue weighted by Crippen LogP contribution is 2.30. The van der Waals surface area contributed by atoms with Gasteiger partial charge in [0.1, 0.15) is 0 Å². The molecule has 0 bridgehead atoms. The van der Waals surface area contributed by atoms with Crippen molar-refractivity contribution >= 4 is 28.8 Å². The summed E-state index contributed by atoms with van der Waals surface area (Å²) in [6.45, 7) is 0.333. The largest absolute Gasteiger partial charge is 0.416 e. The van der Waals surface area contributed by atoms with Crippen molar-refractivity contribution in [2.45, 2.75) is 17.6 Å². The molecule has 0 saturated carbocycles. The van der Waals surface area contributed by atoms with E-state index in [1.807, 2.05) is 6.07 Å². The van der Waals surface area contributed by atoms with Crippen LogP contribution in [0.3, 0.4) is 0 Å². The fourth-order valence-corrected chi connectivity index (χ4v) is 3.30. The van der Waals surface area contributed by atoms with Gasteiger partial charge in [-0.2, -0.15) is 22.4 Å². The first-order chi connectivity index (χ1) is 14.3. The fraction of sp³-hybridized carbons (Fsp3) is 0.100. The standard InChI is InChI=1S/C20H17F3N4O2S/c21-20(22,23)15-3-9-18(10-4-15)30(29)27-17-7-5-16(6-8-17)26-19(28)25-13-14-2-1-11-24-12-14/h1-12,27,29H,13H2,(H-,25,26,28)/p+1. The molecule has 3 aromatic rings. The van der Waals surface area contributed by atoms with Crippen molar-refractivity contribution in [1.29, 1.82) is 0 Å². The van der Waals surface area contributed by atoms with Crippen LogP contribution in [0.1, 0.15) is 11.1 Å². The van der Waals surface area contributed by atoms with Gasteiger partial charge in [0.2, 0.25) is 4.90 Å². The van der Waals surface area contributed by atoms with Gasteiger partial charge in [0, 0.05) is 24.6 Å². The number of hydrogen-bond acceptors (Lipinski definition) is 4. The minimum Gasteiger partial charge on any atom is -0.334 e. The highest BCUT2D eigenvalue weighted by molar-refractivity contribution is 7.92. The summed E-state index contributed by atoms with van der Waals surface area (Å²) in [4.78, 5) is 16.2. The molecule has 1 unspecified atom stereocenters. The number of hydrogen-bond donors (Lipinski definition) is 4. The topological polar surface area (TPSA) is 86.3 Å². The number of urea groups is 1. The SMILES string of the molecule is O=C(NCc1cccnc1)Nc1ccc(N[S+](O)c2ccc(C(F)(F)F)cc2)cc1. The third-order valence-corrected chi connectivity index (χ3v) is 5.09. The Morgan fingerprint density at radius 2 is 1.67 bits per heavy atom. The zero-order valence-corrected chi connectivity index (χ0v) is 16.3. The van der Waals surface area contributed by atoms with Crippen molar-refractivity contribution in [3.8, 4) is 0 Å². The number of aromatic nitrogens is 1. The van der Waals surface area contributed by atoms with Crippen molar-refractivity contribution < 1.29 is 22.5 Å². The van der Waals surface area contributed by atoms with Crippen LogP contribution in [0.2, 0.25) is 0 Å². The number of alkyl halides is 3. The average Bonchev–Trinajstić information content (AvgIpc) is 2.74. The van der Waals surface area contributed by atoms with Crippen LogP contribution in [0, 0.1) is 0 Å². The van der Waals surface area contributed by atoms with E-state index >= 15 is 0 Å². The lowest BCUT2D eigenvalue weighted by molar-refractivity contribution is -0.137. The number of pyridine rings is 1. The summed E-state index contributed by atoms with van der Waals surface area (Å²) in [6.07, 6.45) is -1.12. The minimum absolute atomic E-state index is 0.319. The average molecular weight is 435 g/mol. The molecule has 30 heavy (non-hydrogen) atoms. The van der Waals surface area contributed by atoms with E-state index in [-0.39, 0.29) is 6.03 Å². The van der Waals surface area contributed by atoms with Crippen molar-refractivity contribution in [2.75, 3.05) is 10.0 Å². The molecule has 6 nitrogen and oxygen atoms in total. The van der Waals surface area contributed by atoms with Gasteiger partial charge in [-0.1, -0.05) is 6.07 Å². The number of benzene rings is 2. The van der Waals surface area contributed by atoms with Gasteiger partial charge >= 0.3 is 23.6 Å². The first-order valence-corrected chi connectivity index (χ1v) is 9.90. The number of rotatable bonds is 6. The third-order valence-electron chi connectivity index (χ3n) is 3.94. The molecule has 2 aromatic carbocycles. The Labute approximate surface area is 173 Å². The van der Waals surface area contributed by atoms with Gasteiger partial charge in [0.25, 0.3) is 0 Å². The van der Waals surface area contributed by atoms with Crippen LogP contribution < -0.4 is 15.4 Å². The third kappa shape index (κ3) is 6.13. The van der Waals surface area contributed by atoms with Crippen molar-refractivity contribution in [3.05, 3.63) is 84.2 Å². The van der Waals surface area contributed by atoms with Crippen LogP contribution in [0.5, 0.6) is 0 Å². The summed E-state index contributed by atoms with van der Waals surface area (Å²) >= 11 is -1.48. The van der Waals surface area contributed by atoms with Gasteiger partial charge in [-0.15, -0.1) is 0 Å². The summed E-state index contributed by atoms with van der Waals surface area (Å²) in [5.41, 5.74) is 1.17. The molecule has 0 aliphatic rings. The molecule has 4 N–H and O–H groups in total. The van der Waals surface area contributed by atoms with Gasteiger partial charge in [0.05, 0.1) is 11.3 Å². The van der Waals surface area contributed by atoms with E-state index in [2.05, 4.69) is 20.3 Å². The lowest BCUT2D eigenvalue weighted by Gasteiger charge is -2.09. The van der Waals surface area contributed by atoms with E-state index in [4.69, 9.17) is 0 Å². The number of carbonyl (C=O) groups excluding carboxylic acids is 1. The quantitative estimate of drug-likeness (QED) is 0.415. The van der Waals surface area contributed by atoms with Gasteiger partial charge in [-0.3, -0.25) is 4.98 Å². The maximum absolute atomic E-state index is 12.6. The number of nitrogens with zero attached hydrogens (tertiary/aromatic N) is 1. The second kappa shape index (κ2) is 9.51. The summed E-state index contributed by atoms with van der Waals surface area (Å²) in [7, 11) is 0. The molecule has 1 heterocycles. The first kappa shape index (κ1) is 21.5. The summed E-state index contributed by atoms with van der Waals surface area (Å²) < 4.78 is 50.9. The number of amides is 2. The number of anilines is 2. The normalized spacial score (nSPS) is 12.1. The Hall–Kier alpha value is -3.24. The molecule has 0 aliphatic heterocycles. The van der Waals surface area contributed by atoms with E-state index in [0.717, 1.165) is 17.7 Å². The maximum Gasteiger partial charge on any atom is 0.416 e. The van der Waals surface area contributed by atoms with Crippen LogP contribution in [-0.2, 0) is 24.1 Å². The molecular weight excluding hydrogens is 417 g/mol. The smallest absolute Gasteiger partial charge is 0.334 e. The summed E-state index contributed by atoms with van der Waals surface area (Å²) in [5, 5.41) is 5.39. The van der Waals surface area contributed by atoms with Gasteiger partial charge in [-0.05, 0) is 60.2 Å². The molecule has 0 aliphatic carbocycles. The molecule has 1 aromatic heterocycles. The van der Waals surface area contributed by atoms with Gasteiger partial charge in [-0.25, -0.2) is 4.79 Å². The van der Waals surface area contributed by atoms with Gasteiger partial charge < -0.3 is 10.6 Å². The summed E-state index contributed by atoms with van der Waals surface area (Å²) in [5.74, 6) is 0. The first-order valence-electron chi connectivity index (χ1n) is 8.72. The number of halogens is 3. The maximum atomic E-state index is 12.6. The van der Waals surface area contributed by atoms with Crippen molar-refractivity contribution in [3.63, 3.8) is 0 Å². The number of carbonyl (C=O) groups is 1. The van der Waals surface area contributed by atoms with Crippen LogP contribution in [0.4, 0.5) is 29.3 Å². The molecule has 0 saturated heterocycles. The van der Waals surface area contributed by atoms with E-state index in [1.54, 1.807) is 42.7 Å². The van der Waals surface area contributed by atoms with E-state index in [1.165, 1.54) is 12.1 Å². The van der Waals surface area contributed by atoms with Crippen LogP contribution in [0.15, 0.2) is 78.0 Å². The highest BCUT2D eigenvalue weighted by atomic mass is 32.2. The zero-order chi connectivity index (χ0) is 21.6. The monoisotopic (exact) mass is 435 g/mol. The van der Waals surface area contributed by atoms with Crippen LogP contribution in [0.25, 0.3) is 0 Å². The van der Waals surface area contributed by atoms with Crippen LogP contribution in [-0.4, -0.2) is 15.6 Å². The predicted octanol–water partition coefficient (Wildman–Crippen LogP) is 4.90. The van der Waals surface area contributed by atoms with E-state index < -0.39 is 23.1 Å². The molecule has 3 rings (SSSR count). The second-order valence-corrected chi connectivity index (χ2v) is 7.40. The Bertz CT molecular complexity index is 968. The Kier molecular flexibility index (Phi) is 6.80. The molecule has 10 heteroatoms. The van der Waals surface area contributed by atoms with Gasteiger partial charge in [0.15, 0.2) is 0 Å². The molecule has 1 atom stereocenters. The molecular formula is C20H18F3N4O2S+. The second-order valence-electron chi connectivity index (χ2n) is 6.16. The Morgan fingerprint density at radius 1 is 1.00 bits per heavy atom. The predicted molar refractivity (Wildman–Crippen MR) is 110 cm³/mol. The van der Waals surface area contributed by atoms with Crippen LogP contribution >= 0.6 is 0 Å². The fourth-order valence-electron chi connectivity index (χ4n) is 2.43.